The van der Waals surface area contributed by atoms with Gasteiger partial charge in [0.15, 0.2) is 0 Å². The molecule has 2 aromatic carbocycles. The minimum absolute atomic E-state index is 0.254. The predicted octanol–water partition coefficient (Wildman–Crippen LogP) is 6.03. The van der Waals surface area contributed by atoms with Gasteiger partial charge >= 0.3 is 6.36 Å². The molecule has 0 aliphatic heterocycles. The molecule has 0 bridgehead atoms. The maximum atomic E-state index is 12.1. The first-order chi connectivity index (χ1) is 10.9. The summed E-state index contributed by atoms with van der Waals surface area (Å²) in [6, 6.07) is 12.9. The van der Waals surface area contributed by atoms with Crippen LogP contribution in [0.25, 0.3) is 21.8 Å². The molecule has 2 nitrogen and oxygen atoms in total. The Hall–Kier alpha value is -2.05. The molecule has 3 aromatic rings. The van der Waals surface area contributed by atoms with Gasteiger partial charge in [0.1, 0.15) is 10.8 Å². The van der Waals surface area contributed by atoms with Crippen LogP contribution in [0.3, 0.4) is 0 Å². The smallest absolute Gasteiger partial charge is 0.406 e. The highest BCUT2D eigenvalue weighted by molar-refractivity contribution is 7.13. The molecular weight excluding hydrogens is 347 g/mol. The highest BCUT2D eigenvalue weighted by Gasteiger charge is 2.30. The lowest BCUT2D eigenvalue weighted by Crippen LogP contribution is -2.16. The van der Waals surface area contributed by atoms with Crippen molar-refractivity contribution >= 4 is 22.9 Å². The molecule has 0 aliphatic carbocycles. The van der Waals surface area contributed by atoms with Crippen molar-refractivity contribution < 1.29 is 17.9 Å². The van der Waals surface area contributed by atoms with Crippen molar-refractivity contribution in [2.75, 3.05) is 0 Å². The van der Waals surface area contributed by atoms with Gasteiger partial charge in [-0.2, -0.15) is 0 Å². The van der Waals surface area contributed by atoms with Crippen molar-refractivity contribution in [3.63, 3.8) is 0 Å². The summed E-state index contributed by atoms with van der Waals surface area (Å²) >= 11 is 7.26. The SMILES string of the molecule is FC(F)(F)Oc1ccc(-c2nc(-c3ccc(Cl)cc3)cs2)cc1. The van der Waals surface area contributed by atoms with E-state index in [-0.39, 0.29) is 5.75 Å². The molecule has 0 atom stereocenters. The number of ether oxygens (including phenoxy) is 1. The molecule has 0 N–H and O–H groups in total. The van der Waals surface area contributed by atoms with Crippen LogP contribution in [0.5, 0.6) is 5.75 Å². The highest BCUT2D eigenvalue weighted by atomic mass is 35.5. The van der Waals surface area contributed by atoms with Gasteiger partial charge in [-0.3, -0.25) is 0 Å². The fourth-order valence-electron chi connectivity index (χ4n) is 1.96. The Kier molecular flexibility index (Phi) is 4.28. The van der Waals surface area contributed by atoms with Crippen molar-refractivity contribution in [1.29, 1.82) is 0 Å². The number of hydrogen-bond donors (Lipinski definition) is 0. The maximum absolute atomic E-state index is 12.1. The van der Waals surface area contributed by atoms with E-state index in [2.05, 4.69) is 9.72 Å². The fourth-order valence-corrected chi connectivity index (χ4v) is 2.92. The van der Waals surface area contributed by atoms with Gasteiger partial charge in [0, 0.05) is 21.5 Å². The normalized spacial score (nSPS) is 11.5. The number of nitrogens with zero attached hydrogens (tertiary/aromatic N) is 1. The van der Waals surface area contributed by atoms with Gasteiger partial charge < -0.3 is 4.74 Å². The zero-order chi connectivity index (χ0) is 16.4. The first kappa shape index (κ1) is 15.8. The molecule has 1 aromatic heterocycles. The molecule has 7 heteroatoms. The van der Waals surface area contributed by atoms with E-state index in [1.54, 1.807) is 24.3 Å². The Labute approximate surface area is 139 Å². The standard InChI is InChI=1S/C16H9ClF3NOS/c17-12-5-1-10(2-6-12)14-9-23-15(21-14)11-3-7-13(8-4-11)22-16(18,19)20/h1-9H. The topological polar surface area (TPSA) is 22.1 Å². The van der Waals surface area contributed by atoms with E-state index in [1.807, 2.05) is 17.5 Å². The third-order valence-electron chi connectivity index (χ3n) is 2.98. The Balaban J connectivity index is 1.81. The zero-order valence-corrected chi connectivity index (χ0v) is 13.0. The van der Waals surface area contributed by atoms with E-state index in [0.717, 1.165) is 16.8 Å². The summed E-state index contributed by atoms with van der Waals surface area (Å²) in [6.07, 6.45) is -4.69. The van der Waals surface area contributed by atoms with E-state index >= 15 is 0 Å². The molecule has 0 spiro atoms. The van der Waals surface area contributed by atoms with Gasteiger partial charge in [0.05, 0.1) is 5.69 Å². The van der Waals surface area contributed by atoms with E-state index < -0.39 is 6.36 Å². The van der Waals surface area contributed by atoms with Crippen molar-refractivity contribution in [3.05, 3.63) is 58.9 Å². The number of alkyl halides is 3. The van der Waals surface area contributed by atoms with E-state index in [4.69, 9.17) is 11.6 Å². The number of rotatable bonds is 3. The van der Waals surface area contributed by atoms with E-state index in [9.17, 15) is 13.2 Å². The minimum atomic E-state index is -4.69. The Morgan fingerprint density at radius 3 is 2.13 bits per heavy atom. The first-order valence-corrected chi connectivity index (χ1v) is 7.74. The van der Waals surface area contributed by atoms with Crippen LogP contribution < -0.4 is 4.74 Å². The second kappa shape index (κ2) is 6.22. The number of hydrogen-bond acceptors (Lipinski definition) is 3. The van der Waals surface area contributed by atoms with Crippen LogP contribution in [0, 0.1) is 0 Å². The van der Waals surface area contributed by atoms with Crippen LogP contribution in [0.15, 0.2) is 53.9 Å². The average molecular weight is 356 g/mol. The Morgan fingerprint density at radius 1 is 0.913 bits per heavy atom. The van der Waals surface area contributed by atoms with Crippen LogP contribution >= 0.6 is 22.9 Å². The predicted molar refractivity (Wildman–Crippen MR) is 84.7 cm³/mol. The third-order valence-corrected chi connectivity index (χ3v) is 4.12. The van der Waals surface area contributed by atoms with Crippen LogP contribution in [0.2, 0.25) is 5.02 Å². The van der Waals surface area contributed by atoms with Gasteiger partial charge in [0.25, 0.3) is 0 Å². The van der Waals surface area contributed by atoms with Crippen molar-refractivity contribution in [2.24, 2.45) is 0 Å². The fraction of sp³-hybridized carbons (Fsp3) is 0.0625. The van der Waals surface area contributed by atoms with Crippen molar-refractivity contribution in [2.45, 2.75) is 6.36 Å². The lowest BCUT2D eigenvalue weighted by molar-refractivity contribution is -0.274. The summed E-state index contributed by atoms with van der Waals surface area (Å²) in [6.45, 7) is 0. The summed E-state index contributed by atoms with van der Waals surface area (Å²) in [5.41, 5.74) is 2.44. The average Bonchev–Trinajstić information content (AvgIpc) is 2.97. The Morgan fingerprint density at radius 2 is 1.52 bits per heavy atom. The van der Waals surface area contributed by atoms with Gasteiger partial charge in [-0.1, -0.05) is 23.7 Å². The summed E-state index contributed by atoms with van der Waals surface area (Å²) in [5.74, 6) is -0.254. The highest BCUT2D eigenvalue weighted by Crippen LogP contribution is 2.31. The van der Waals surface area contributed by atoms with Gasteiger partial charge in [-0.15, -0.1) is 24.5 Å². The molecule has 3 rings (SSSR count). The molecule has 0 fully saturated rings. The minimum Gasteiger partial charge on any atom is -0.406 e. The number of halogens is 4. The molecule has 0 unspecified atom stereocenters. The first-order valence-electron chi connectivity index (χ1n) is 6.48. The number of thiazole rings is 1. The molecular formula is C16H9ClF3NOS. The van der Waals surface area contributed by atoms with Crippen LogP contribution in [-0.4, -0.2) is 11.3 Å². The van der Waals surface area contributed by atoms with Crippen LogP contribution in [0.4, 0.5) is 13.2 Å². The summed E-state index contributed by atoms with van der Waals surface area (Å²) in [7, 11) is 0. The molecule has 118 valence electrons. The van der Waals surface area contributed by atoms with E-state index in [1.165, 1.54) is 23.5 Å². The second-order valence-corrected chi connectivity index (χ2v) is 5.91. The lowest BCUT2D eigenvalue weighted by Gasteiger charge is -2.08. The van der Waals surface area contributed by atoms with Crippen LogP contribution in [0.1, 0.15) is 0 Å². The Bertz CT molecular complexity index is 797. The monoisotopic (exact) mass is 355 g/mol. The van der Waals surface area contributed by atoms with Gasteiger partial charge in [-0.05, 0) is 36.4 Å². The molecule has 1 heterocycles. The molecule has 0 radical (unpaired) electrons. The molecule has 0 saturated heterocycles. The van der Waals surface area contributed by atoms with Crippen LogP contribution in [-0.2, 0) is 0 Å². The lowest BCUT2D eigenvalue weighted by atomic mass is 10.2. The quantitative estimate of drug-likeness (QED) is 0.572. The van der Waals surface area contributed by atoms with Gasteiger partial charge in [-0.25, -0.2) is 4.98 Å². The number of benzene rings is 2. The zero-order valence-electron chi connectivity index (χ0n) is 11.5. The summed E-state index contributed by atoms with van der Waals surface area (Å²) in [4.78, 5) is 4.50. The maximum Gasteiger partial charge on any atom is 0.573 e. The second-order valence-electron chi connectivity index (χ2n) is 4.62. The third kappa shape index (κ3) is 4.03. The largest absolute Gasteiger partial charge is 0.573 e. The molecule has 23 heavy (non-hydrogen) atoms. The van der Waals surface area contributed by atoms with Crippen molar-refractivity contribution in [3.8, 4) is 27.6 Å². The molecule has 0 amide bonds. The summed E-state index contributed by atoms with van der Waals surface area (Å²) in [5, 5.41) is 3.25. The van der Waals surface area contributed by atoms with Gasteiger partial charge in [0.2, 0.25) is 0 Å². The molecule has 0 aliphatic rings. The molecule has 0 saturated carbocycles. The van der Waals surface area contributed by atoms with E-state index in [0.29, 0.717) is 10.0 Å². The van der Waals surface area contributed by atoms with Crippen molar-refractivity contribution in [1.82, 2.24) is 4.98 Å². The number of aromatic nitrogens is 1. The summed E-state index contributed by atoms with van der Waals surface area (Å²) < 4.78 is 40.3.